The number of carbonyl (C=O) groups excluding carboxylic acids is 1. The zero-order chi connectivity index (χ0) is 20.8. The lowest BCUT2D eigenvalue weighted by Gasteiger charge is -2.10. The predicted molar refractivity (Wildman–Crippen MR) is 104 cm³/mol. The van der Waals surface area contributed by atoms with Crippen molar-refractivity contribution in [3.05, 3.63) is 65.7 Å². The van der Waals surface area contributed by atoms with Crippen molar-refractivity contribution in [3.63, 3.8) is 0 Å². The standard InChI is InChI=1S/C20H19F2N5O2/c21-12(11-17-15(22)5-2-9-24-17)8-10-25-18-7-6-16(26-27-18)13-3-1-4-14(19(13)28)20(23)29/h1-7,9,12,28H,8,10-11H2,(H2,23,29)(H,25,27)/t12-/m0/s1. The molecule has 1 amide bonds. The van der Waals surface area contributed by atoms with Crippen LogP contribution in [0.5, 0.6) is 5.75 Å². The lowest BCUT2D eigenvalue weighted by molar-refractivity contribution is 0.0998. The third-order valence-electron chi connectivity index (χ3n) is 4.26. The van der Waals surface area contributed by atoms with E-state index in [0.717, 1.165) is 0 Å². The molecular formula is C20H19F2N5O2. The Kier molecular flexibility index (Phi) is 6.28. The normalized spacial score (nSPS) is 11.8. The highest BCUT2D eigenvalue weighted by Gasteiger charge is 2.15. The Morgan fingerprint density at radius 3 is 2.69 bits per heavy atom. The van der Waals surface area contributed by atoms with Crippen LogP contribution in [0.4, 0.5) is 14.6 Å². The van der Waals surface area contributed by atoms with E-state index in [1.165, 1.54) is 24.4 Å². The number of nitrogens with two attached hydrogens (primary N) is 1. The molecule has 9 heteroatoms. The molecule has 4 N–H and O–H groups in total. The van der Waals surface area contributed by atoms with E-state index in [2.05, 4.69) is 20.5 Å². The van der Waals surface area contributed by atoms with Crippen molar-refractivity contribution in [1.82, 2.24) is 15.2 Å². The number of primary amides is 1. The Labute approximate surface area is 165 Å². The van der Waals surface area contributed by atoms with Gasteiger partial charge in [-0.3, -0.25) is 9.78 Å². The summed E-state index contributed by atoms with van der Waals surface area (Å²) >= 11 is 0. The molecule has 2 heterocycles. The van der Waals surface area contributed by atoms with Gasteiger partial charge < -0.3 is 16.2 Å². The molecule has 3 rings (SSSR count). The molecule has 1 aromatic carbocycles. The maximum absolute atomic E-state index is 14.1. The highest BCUT2D eigenvalue weighted by Crippen LogP contribution is 2.30. The van der Waals surface area contributed by atoms with Crippen molar-refractivity contribution in [2.24, 2.45) is 5.73 Å². The molecule has 0 bridgehead atoms. The largest absolute Gasteiger partial charge is 0.506 e. The summed E-state index contributed by atoms with van der Waals surface area (Å²) < 4.78 is 27.6. The number of hydrogen-bond donors (Lipinski definition) is 3. The van der Waals surface area contributed by atoms with Crippen molar-refractivity contribution in [1.29, 1.82) is 0 Å². The van der Waals surface area contributed by atoms with E-state index in [9.17, 15) is 18.7 Å². The van der Waals surface area contributed by atoms with Gasteiger partial charge in [-0.2, -0.15) is 0 Å². The molecular weight excluding hydrogens is 380 g/mol. The number of aromatic nitrogens is 3. The quantitative estimate of drug-likeness (QED) is 0.537. The zero-order valence-corrected chi connectivity index (χ0v) is 15.3. The number of carbonyl (C=O) groups is 1. The number of hydrogen-bond acceptors (Lipinski definition) is 6. The molecule has 0 aliphatic heterocycles. The van der Waals surface area contributed by atoms with Gasteiger partial charge in [0.05, 0.1) is 17.0 Å². The first-order valence-electron chi connectivity index (χ1n) is 8.89. The van der Waals surface area contributed by atoms with Crippen molar-refractivity contribution in [2.45, 2.75) is 19.0 Å². The van der Waals surface area contributed by atoms with Crippen LogP contribution in [0.2, 0.25) is 0 Å². The summed E-state index contributed by atoms with van der Waals surface area (Å²) in [5.74, 6) is -1.12. The number of nitrogens with zero attached hydrogens (tertiary/aromatic N) is 3. The first-order valence-corrected chi connectivity index (χ1v) is 8.89. The fourth-order valence-electron chi connectivity index (χ4n) is 2.76. The Balaban J connectivity index is 1.57. The fourth-order valence-corrected chi connectivity index (χ4v) is 2.76. The van der Waals surface area contributed by atoms with Crippen molar-refractivity contribution in [2.75, 3.05) is 11.9 Å². The number of rotatable bonds is 8. The molecule has 7 nitrogen and oxygen atoms in total. The van der Waals surface area contributed by atoms with E-state index in [-0.39, 0.29) is 36.4 Å². The number of amides is 1. The van der Waals surface area contributed by atoms with E-state index in [0.29, 0.717) is 17.1 Å². The van der Waals surface area contributed by atoms with Crippen LogP contribution < -0.4 is 11.1 Å². The molecule has 0 radical (unpaired) electrons. The molecule has 0 fully saturated rings. The van der Waals surface area contributed by atoms with E-state index in [4.69, 9.17) is 5.73 Å². The number of phenols is 1. The Morgan fingerprint density at radius 1 is 1.17 bits per heavy atom. The number of nitrogens with one attached hydrogen (secondary N) is 1. The minimum Gasteiger partial charge on any atom is -0.506 e. The summed E-state index contributed by atoms with van der Waals surface area (Å²) in [5.41, 5.74) is 5.98. The van der Waals surface area contributed by atoms with Crippen LogP contribution in [-0.4, -0.2) is 38.9 Å². The third-order valence-corrected chi connectivity index (χ3v) is 4.26. The van der Waals surface area contributed by atoms with Crippen LogP contribution in [0, 0.1) is 5.82 Å². The topological polar surface area (TPSA) is 114 Å². The van der Waals surface area contributed by atoms with Crippen LogP contribution in [0.15, 0.2) is 48.7 Å². The van der Waals surface area contributed by atoms with Gasteiger partial charge in [0.2, 0.25) is 0 Å². The van der Waals surface area contributed by atoms with Crippen LogP contribution in [0.3, 0.4) is 0 Å². The molecule has 1 atom stereocenters. The highest BCUT2D eigenvalue weighted by atomic mass is 19.1. The number of anilines is 1. The van der Waals surface area contributed by atoms with Crippen molar-refractivity contribution < 1.29 is 18.7 Å². The fraction of sp³-hybridized carbons (Fsp3) is 0.200. The second-order valence-corrected chi connectivity index (χ2v) is 6.32. The van der Waals surface area contributed by atoms with Crippen LogP contribution in [0.25, 0.3) is 11.3 Å². The molecule has 0 saturated heterocycles. The van der Waals surface area contributed by atoms with Crippen LogP contribution in [0.1, 0.15) is 22.5 Å². The highest BCUT2D eigenvalue weighted by molar-refractivity contribution is 5.97. The average molecular weight is 399 g/mol. The molecule has 3 aromatic rings. The minimum atomic E-state index is -1.26. The van der Waals surface area contributed by atoms with Gasteiger partial charge in [-0.25, -0.2) is 8.78 Å². The van der Waals surface area contributed by atoms with Crippen molar-refractivity contribution >= 4 is 11.7 Å². The summed E-state index contributed by atoms with van der Waals surface area (Å²) in [6, 6.07) is 10.5. The van der Waals surface area contributed by atoms with Crippen LogP contribution >= 0.6 is 0 Å². The number of pyridine rings is 1. The molecule has 0 aliphatic carbocycles. The maximum atomic E-state index is 14.1. The van der Waals surface area contributed by atoms with Gasteiger partial charge in [-0.05, 0) is 42.8 Å². The van der Waals surface area contributed by atoms with Gasteiger partial charge in [0.15, 0.2) is 0 Å². The first-order chi connectivity index (χ1) is 14.0. The maximum Gasteiger partial charge on any atom is 0.252 e. The SMILES string of the molecule is NC(=O)c1cccc(-c2ccc(NCC[C@H](F)Cc3ncccc3F)nn2)c1O. The van der Waals surface area contributed by atoms with E-state index in [1.807, 2.05) is 0 Å². The minimum absolute atomic E-state index is 0.00942. The summed E-state index contributed by atoms with van der Waals surface area (Å²) in [5, 5.41) is 21.1. The Morgan fingerprint density at radius 2 is 2.00 bits per heavy atom. The number of halogens is 2. The summed E-state index contributed by atoms with van der Waals surface area (Å²) in [6.45, 7) is 0.270. The number of para-hydroxylation sites is 1. The second-order valence-electron chi connectivity index (χ2n) is 6.32. The van der Waals surface area contributed by atoms with Crippen molar-refractivity contribution in [3.8, 4) is 17.0 Å². The van der Waals surface area contributed by atoms with Crippen LogP contribution in [-0.2, 0) is 6.42 Å². The van der Waals surface area contributed by atoms with Gasteiger partial charge in [0.25, 0.3) is 5.91 Å². The Hall–Kier alpha value is -3.62. The molecule has 0 saturated carbocycles. The lowest BCUT2D eigenvalue weighted by atomic mass is 10.1. The number of alkyl halides is 1. The predicted octanol–water partition coefficient (Wildman–Crippen LogP) is 2.87. The molecule has 150 valence electrons. The Bertz CT molecular complexity index is 998. The molecule has 0 unspecified atom stereocenters. The number of benzene rings is 1. The first kappa shape index (κ1) is 20.1. The van der Waals surface area contributed by atoms with Gasteiger partial charge in [-0.15, -0.1) is 10.2 Å². The van der Waals surface area contributed by atoms with E-state index >= 15 is 0 Å². The lowest BCUT2D eigenvalue weighted by Crippen LogP contribution is -2.14. The molecule has 0 aliphatic rings. The smallest absolute Gasteiger partial charge is 0.252 e. The summed E-state index contributed by atoms with van der Waals surface area (Å²) in [4.78, 5) is 15.2. The summed E-state index contributed by atoms with van der Waals surface area (Å²) in [6.07, 6.45) is 0.208. The van der Waals surface area contributed by atoms with Gasteiger partial charge in [-0.1, -0.05) is 6.07 Å². The third kappa shape index (κ3) is 5.01. The molecule has 29 heavy (non-hydrogen) atoms. The second kappa shape index (κ2) is 9.05. The monoisotopic (exact) mass is 399 g/mol. The zero-order valence-electron chi connectivity index (χ0n) is 15.3. The molecule has 2 aromatic heterocycles. The molecule has 0 spiro atoms. The number of aromatic hydroxyl groups is 1. The average Bonchev–Trinajstić information content (AvgIpc) is 2.70. The summed E-state index contributed by atoms with van der Waals surface area (Å²) in [7, 11) is 0. The van der Waals surface area contributed by atoms with E-state index in [1.54, 1.807) is 24.3 Å². The van der Waals surface area contributed by atoms with Gasteiger partial charge in [0.1, 0.15) is 23.6 Å². The van der Waals surface area contributed by atoms with Gasteiger partial charge in [0, 0.05) is 24.7 Å². The van der Waals surface area contributed by atoms with Gasteiger partial charge >= 0.3 is 0 Å². The van der Waals surface area contributed by atoms with E-state index < -0.39 is 17.9 Å².